The van der Waals surface area contributed by atoms with Gasteiger partial charge in [0.2, 0.25) is 6.79 Å². The molecule has 0 unspecified atom stereocenters. The number of nitrogens with two attached hydrogens (primary N) is 1. The maximum atomic E-state index is 5.85. The number of benzene rings is 1. The summed E-state index contributed by atoms with van der Waals surface area (Å²) in [4.78, 5) is 4.22. The molecule has 0 amide bonds. The molecule has 1 aromatic heterocycles. The summed E-state index contributed by atoms with van der Waals surface area (Å²) in [5, 5.41) is 4.18. The van der Waals surface area contributed by atoms with Crippen molar-refractivity contribution >= 4 is 0 Å². The quantitative estimate of drug-likeness (QED) is 0.901. The molecule has 0 atom stereocenters. The Hall–Kier alpha value is -2.28. The Morgan fingerprint density at radius 3 is 2.81 bits per heavy atom. The molecule has 0 radical (unpaired) electrons. The second-order valence-electron chi connectivity index (χ2n) is 5.02. The van der Waals surface area contributed by atoms with Gasteiger partial charge in [0.25, 0.3) is 0 Å². The molecule has 0 saturated carbocycles. The van der Waals surface area contributed by atoms with Crippen molar-refractivity contribution in [1.82, 2.24) is 14.8 Å². The molecule has 7 heteroatoms. The summed E-state index contributed by atoms with van der Waals surface area (Å²) in [7, 11) is 0. The van der Waals surface area contributed by atoms with Gasteiger partial charge in [0.15, 0.2) is 17.3 Å². The van der Waals surface area contributed by atoms with Gasteiger partial charge >= 0.3 is 0 Å². The molecular weight excluding hydrogens is 272 g/mol. The summed E-state index contributed by atoms with van der Waals surface area (Å²) in [6, 6.07) is 3.89. The Morgan fingerprint density at radius 2 is 2.10 bits per heavy atom. The SMILES string of the molecule is CC(C)n1ncnc1COc1cc2c(cc1CN)OCO2. The smallest absolute Gasteiger partial charge is 0.231 e. The minimum Gasteiger partial charge on any atom is -0.485 e. The van der Waals surface area contributed by atoms with Crippen LogP contribution in [0.3, 0.4) is 0 Å². The minimum atomic E-state index is 0.227. The first-order valence-electron chi connectivity index (χ1n) is 6.82. The van der Waals surface area contributed by atoms with E-state index in [9.17, 15) is 0 Å². The Bertz CT molecular complexity index is 639. The van der Waals surface area contributed by atoms with Gasteiger partial charge in [0, 0.05) is 24.2 Å². The standard InChI is InChI=1S/C14H18N4O3/c1-9(2)18-14(16-7-17-18)6-19-11-4-13-12(20-8-21-13)3-10(11)5-15/h3-4,7,9H,5-6,8,15H2,1-2H3. The third-order valence-corrected chi connectivity index (χ3v) is 3.27. The van der Waals surface area contributed by atoms with Gasteiger partial charge in [-0.1, -0.05) is 0 Å². The molecular formula is C14H18N4O3. The summed E-state index contributed by atoms with van der Waals surface area (Å²) >= 11 is 0. The van der Waals surface area contributed by atoms with Crippen LogP contribution in [-0.2, 0) is 13.2 Å². The van der Waals surface area contributed by atoms with Crippen molar-refractivity contribution in [2.24, 2.45) is 5.73 Å². The molecule has 3 rings (SSSR count). The van der Waals surface area contributed by atoms with E-state index in [1.807, 2.05) is 24.6 Å². The van der Waals surface area contributed by atoms with E-state index in [1.54, 1.807) is 6.07 Å². The summed E-state index contributed by atoms with van der Waals surface area (Å²) in [6.45, 7) is 5.01. The highest BCUT2D eigenvalue weighted by Crippen LogP contribution is 2.38. The first-order valence-corrected chi connectivity index (χ1v) is 6.82. The van der Waals surface area contributed by atoms with Crippen LogP contribution in [0.15, 0.2) is 18.5 Å². The number of hydrogen-bond donors (Lipinski definition) is 1. The third-order valence-electron chi connectivity index (χ3n) is 3.27. The zero-order chi connectivity index (χ0) is 14.8. The van der Waals surface area contributed by atoms with Crippen molar-refractivity contribution in [3.63, 3.8) is 0 Å². The molecule has 1 aliphatic heterocycles. The second kappa shape index (κ2) is 5.61. The molecule has 0 aliphatic carbocycles. The Labute approximate surface area is 122 Å². The third kappa shape index (κ3) is 2.64. The number of nitrogens with zero attached hydrogens (tertiary/aromatic N) is 3. The Morgan fingerprint density at radius 1 is 1.33 bits per heavy atom. The van der Waals surface area contributed by atoms with Gasteiger partial charge < -0.3 is 19.9 Å². The van der Waals surface area contributed by atoms with E-state index in [2.05, 4.69) is 10.1 Å². The van der Waals surface area contributed by atoms with E-state index in [0.717, 1.165) is 11.4 Å². The van der Waals surface area contributed by atoms with Crippen molar-refractivity contribution in [2.75, 3.05) is 6.79 Å². The first-order chi connectivity index (χ1) is 10.2. The van der Waals surface area contributed by atoms with E-state index >= 15 is 0 Å². The molecule has 7 nitrogen and oxygen atoms in total. The molecule has 21 heavy (non-hydrogen) atoms. The number of aromatic nitrogens is 3. The van der Waals surface area contributed by atoms with Gasteiger partial charge in [-0.05, 0) is 19.9 Å². The average Bonchev–Trinajstić information content (AvgIpc) is 3.12. The fraction of sp³-hybridized carbons (Fsp3) is 0.429. The van der Waals surface area contributed by atoms with Crippen molar-refractivity contribution in [1.29, 1.82) is 0 Å². The lowest BCUT2D eigenvalue weighted by atomic mass is 10.2. The van der Waals surface area contributed by atoms with E-state index in [1.165, 1.54) is 6.33 Å². The van der Waals surface area contributed by atoms with E-state index in [4.69, 9.17) is 19.9 Å². The van der Waals surface area contributed by atoms with Gasteiger partial charge in [-0.3, -0.25) is 0 Å². The van der Waals surface area contributed by atoms with Crippen molar-refractivity contribution in [3.8, 4) is 17.2 Å². The molecule has 1 aromatic carbocycles. The van der Waals surface area contributed by atoms with Crippen molar-refractivity contribution < 1.29 is 14.2 Å². The van der Waals surface area contributed by atoms with Gasteiger partial charge in [-0.2, -0.15) is 5.10 Å². The largest absolute Gasteiger partial charge is 0.485 e. The fourth-order valence-corrected chi connectivity index (χ4v) is 2.21. The van der Waals surface area contributed by atoms with Gasteiger partial charge in [0.1, 0.15) is 18.7 Å². The zero-order valence-corrected chi connectivity index (χ0v) is 12.1. The molecule has 0 spiro atoms. The number of hydrogen-bond acceptors (Lipinski definition) is 6. The van der Waals surface area contributed by atoms with Crippen LogP contribution in [0.2, 0.25) is 0 Å². The van der Waals surface area contributed by atoms with Crippen LogP contribution in [-0.4, -0.2) is 21.6 Å². The molecule has 2 N–H and O–H groups in total. The van der Waals surface area contributed by atoms with Crippen molar-refractivity contribution in [2.45, 2.75) is 33.0 Å². The van der Waals surface area contributed by atoms with Crippen molar-refractivity contribution in [3.05, 3.63) is 29.8 Å². The van der Waals surface area contributed by atoms with Crippen LogP contribution < -0.4 is 19.9 Å². The second-order valence-corrected chi connectivity index (χ2v) is 5.02. The zero-order valence-electron chi connectivity index (χ0n) is 12.1. The molecule has 2 aromatic rings. The maximum absolute atomic E-state index is 5.85. The maximum Gasteiger partial charge on any atom is 0.231 e. The molecule has 0 fully saturated rings. The predicted molar refractivity (Wildman–Crippen MR) is 75.2 cm³/mol. The first kappa shape index (κ1) is 13.7. The lowest BCUT2D eigenvalue weighted by Gasteiger charge is -2.13. The van der Waals surface area contributed by atoms with Crippen LogP contribution in [0.4, 0.5) is 0 Å². The van der Waals surface area contributed by atoms with Crippen LogP contribution in [0.5, 0.6) is 17.2 Å². The van der Waals surface area contributed by atoms with Crippen LogP contribution >= 0.6 is 0 Å². The van der Waals surface area contributed by atoms with E-state index in [-0.39, 0.29) is 12.8 Å². The molecule has 2 heterocycles. The number of rotatable bonds is 5. The van der Waals surface area contributed by atoms with Crippen LogP contribution in [0.1, 0.15) is 31.3 Å². The van der Waals surface area contributed by atoms with Crippen LogP contribution in [0.25, 0.3) is 0 Å². The summed E-state index contributed by atoms with van der Waals surface area (Å²) in [6.07, 6.45) is 1.53. The van der Waals surface area contributed by atoms with E-state index < -0.39 is 0 Å². The lowest BCUT2D eigenvalue weighted by molar-refractivity contribution is 0.173. The Balaban J connectivity index is 1.80. The average molecular weight is 290 g/mol. The summed E-state index contributed by atoms with van der Waals surface area (Å²) < 4.78 is 18.4. The topological polar surface area (TPSA) is 84.4 Å². The summed E-state index contributed by atoms with van der Waals surface area (Å²) in [5.74, 6) is 2.83. The molecule has 112 valence electrons. The van der Waals surface area contributed by atoms with Gasteiger partial charge in [0.05, 0.1) is 0 Å². The molecule has 0 bridgehead atoms. The number of ether oxygens (including phenoxy) is 3. The molecule has 0 saturated heterocycles. The lowest BCUT2D eigenvalue weighted by Crippen LogP contribution is -2.11. The van der Waals surface area contributed by atoms with E-state index in [0.29, 0.717) is 30.4 Å². The highest BCUT2D eigenvalue weighted by molar-refractivity contribution is 5.51. The van der Waals surface area contributed by atoms with Gasteiger partial charge in [-0.25, -0.2) is 9.67 Å². The normalized spacial score (nSPS) is 13.0. The highest BCUT2D eigenvalue weighted by Gasteiger charge is 2.18. The fourth-order valence-electron chi connectivity index (χ4n) is 2.21. The van der Waals surface area contributed by atoms with Crippen LogP contribution in [0, 0.1) is 0 Å². The summed E-state index contributed by atoms with van der Waals surface area (Å²) in [5.41, 5.74) is 6.63. The number of fused-ring (bicyclic) bond motifs is 1. The monoisotopic (exact) mass is 290 g/mol. The minimum absolute atomic E-state index is 0.227. The molecule has 1 aliphatic rings. The highest BCUT2D eigenvalue weighted by atomic mass is 16.7. The Kier molecular flexibility index (Phi) is 3.66. The van der Waals surface area contributed by atoms with Gasteiger partial charge in [-0.15, -0.1) is 0 Å². The predicted octanol–water partition coefficient (Wildman–Crippen LogP) is 1.63.